The van der Waals surface area contributed by atoms with Gasteiger partial charge in [0.15, 0.2) is 0 Å². The van der Waals surface area contributed by atoms with Crippen molar-refractivity contribution in [1.29, 1.82) is 0 Å². The number of carbonyl (C=O) groups is 1. The molecule has 0 spiro atoms. The van der Waals surface area contributed by atoms with Crippen molar-refractivity contribution in [1.82, 2.24) is 10.3 Å². The number of hydrogen-bond donors (Lipinski definition) is 2. The molecule has 1 aromatic rings. The lowest BCUT2D eigenvalue weighted by atomic mass is 10.1. The average molecular weight is 220 g/mol. The predicted octanol–water partition coefficient (Wildman–Crippen LogP) is 1.37. The number of aliphatic carboxylic acids is 1. The van der Waals surface area contributed by atoms with Gasteiger partial charge in [0, 0.05) is 25.4 Å². The molecular formula is C12H16N2O2. The van der Waals surface area contributed by atoms with Gasteiger partial charge in [-0.3, -0.25) is 4.98 Å². The second-order valence-electron chi connectivity index (χ2n) is 3.33. The number of nitrogens with one attached hydrogen (secondary N) is 1. The maximum atomic E-state index is 10.2. The van der Waals surface area contributed by atoms with Crippen LogP contribution in [-0.2, 0) is 17.8 Å². The van der Waals surface area contributed by atoms with Crippen molar-refractivity contribution in [2.45, 2.75) is 19.9 Å². The Labute approximate surface area is 95.0 Å². The molecule has 0 aliphatic carbocycles. The highest BCUT2D eigenvalue weighted by Gasteiger charge is 1.99. The molecule has 0 amide bonds. The third kappa shape index (κ3) is 4.23. The van der Waals surface area contributed by atoms with Crippen molar-refractivity contribution < 1.29 is 9.90 Å². The molecule has 86 valence electrons. The number of rotatable bonds is 6. The minimum Gasteiger partial charge on any atom is -0.478 e. The Morgan fingerprint density at radius 3 is 3.12 bits per heavy atom. The first-order chi connectivity index (χ1) is 7.74. The zero-order chi connectivity index (χ0) is 11.8. The van der Waals surface area contributed by atoms with E-state index in [1.807, 2.05) is 6.07 Å². The van der Waals surface area contributed by atoms with Gasteiger partial charge in [0.2, 0.25) is 0 Å². The smallest absolute Gasteiger partial charge is 0.328 e. The summed E-state index contributed by atoms with van der Waals surface area (Å²) < 4.78 is 0. The summed E-state index contributed by atoms with van der Waals surface area (Å²) in [5.74, 6) is -0.922. The highest BCUT2D eigenvalue weighted by molar-refractivity contribution is 5.79. The lowest BCUT2D eigenvalue weighted by Crippen LogP contribution is -2.15. The number of carboxylic acids is 1. The van der Waals surface area contributed by atoms with Gasteiger partial charge in [-0.1, -0.05) is 19.1 Å². The first kappa shape index (κ1) is 12.4. The van der Waals surface area contributed by atoms with E-state index in [1.54, 1.807) is 12.3 Å². The Hall–Kier alpha value is -1.68. The van der Waals surface area contributed by atoms with Gasteiger partial charge in [-0.2, -0.15) is 0 Å². The molecule has 0 atom stereocenters. The van der Waals surface area contributed by atoms with Crippen LogP contribution in [0.2, 0.25) is 0 Å². The highest BCUT2D eigenvalue weighted by atomic mass is 16.4. The van der Waals surface area contributed by atoms with Crippen LogP contribution in [0.25, 0.3) is 0 Å². The van der Waals surface area contributed by atoms with Crippen LogP contribution in [0.15, 0.2) is 30.5 Å². The molecule has 4 nitrogen and oxygen atoms in total. The van der Waals surface area contributed by atoms with Gasteiger partial charge in [-0.15, -0.1) is 0 Å². The van der Waals surface area contributed by atoms with E-state index in [2.05, 4.69) is 23.3 Å². The molecule has 0 aliphatic rings. The fraction of sp³-hybridized carbons (Fsp3) is 0.333. The molecule has 2 N–H and O–H groups in total. The Morgan fingerprint density at radius 2 is 2.44 bits per heavy atom. The summed E-state index contributed by atoms with van der Waals surface area (Å²) in [7, 11) is 0. The van der Waals surface area contributed by atoms with Crippen LogP contribution in [0, 0.1) is 0 Å². The van der Waals surface area contributed by atoms with E-state index in [0.717, 1.165) is 18.2 Å². The molecule has 0 saturated heterocycles. The minimum atomic E-state index is -0.922. The van der Waals surface area contributed by atoms with Crippen LogP contribution in [0.4, 0.5) is 0 Å². The van der Waals surface area contributed by atoms with E-state index in [-0.39, 0.29) is 0 Å². The van der Waals surface area contributed by atoms with Crippen molar-refractivity contribution in [2.75, 3.05) is 6.54 Å². The van der Waals surface area contributed by atoms with Crippen molar-refractivity contribution in [3.05, 3.63) is 41.7 Å². The summed E-state index contributed by atoms with van der Waals surface area (Å²) in [5.41, 5.74) is 2.24. The van der Waals surface area contributed by atoms with Crippen LogP contribution in [0.5, 0.6) is 0 Å². The number of pyridine rings is 1. The van der Waals surface area contributed by atoms with Crippen LogP contribution >= 0.6 is 0 Å². The number of nitrogens with zero attached hydrogens (tertiary/aromatic N) is 1. The number of carboxylic acid groups (broad SMARTS) is 1. The highest BCUT2D eigenvalue weighted by Crippen LogP contribution is 2.05. The second kappa shape index (κ2) is 6.74. The summed E-state index contributed by atoms with van der Waals surface area (Å²) >= 11 is 0. The second-order valence-corrected chi connectivity index (χ2v) is 3.33. The standard InChI is InChI=1S/C12H16N2O2/c1-2-10-5-3-8-14-11(10)9-13-7-4-6-12(15)16/h3-6,8,13H,2,7,9H2,1H3,(H,15,16)/b6-4+. The van der Waals surface area contributed by atoms with Gasteiger partial charge in [-0.05, 0) is 18.1 Å². The predicted molar refractivity (Wildman–Crippen MR) is 62.1 cm³/mol. The van der Waals surface area contributed by atoms with E-state index in [9.17, 15) is 4.79 Å². The quantitative estimate of drug-likeness (QED) is 0.561. The van der Waals surface area contributed by atoms with Gasteiger partial charge in [0.05, 0.1) is 5.69 Å². The minimum absolute atomic E-state index is 0.534. The third-order valence-corrected chi connectivity index (χ3v) is 2.18. The monoisotopic (exact) mass is 220 g/mol. The Balaban J connectivity index is 2.40. The van der Waals surface area contributed by atoms with Gasteiger partial charge in [-0.25, -0.2) is 4.79 Å². The topological polar surface area (TPSA) is 62.2 Å². The normalized spacial score (nSPS) is 10.8. The summed E-state index contributed by atoms with van der Waals surface area (Å²) in [6.07, 6.45) is 5.43. The molecule has 0 bridgehead atoms. The van der Waals surface area contributed by atoms with Gasteiger partial charge in [0.1, 0.15) is 0 Å². The molecule has 1 aromatic heterocycles. The van der Waals surface area contributed by atoms with Crippen LogP contribution in [-0.4, -0.2) is 22.6 Å². The third-order valence-electron chi connectivity index (χ3n) is 2.18. The fourth-order valence-corrected chi connectivity index (χ4v) is 1.39. The summed E-state index contributed by atoms with van der Waals surface area (Å²) in [4.78, 5) is 14.5. The van der Waals surface area contributed by atoms with E-state index in [0.29, 0.717) is 13.1 Å². The Kier molecular flexibility index (Phi) is 5.22. The fourth-order valence-electron chi connectivity index (χ4n) is 1.39. The first-order valence-corrected chi connectivity index (χ1v) is 5.27. The SMILES string of the molecule is CCc1cccnc1CNC/C=C/C(=O)O. The Morgan fingerprint density at radius 1 is 1.62 bits per heavy atom. The van der Waals surface area contributed by atoms with E-state index in [1.165, 1.54) is 5.56 Å². The van der Waals surface area contributed by atoms with Crippen LogP contribution in [0.3, 0.4) is 0 Å². The molecule has 0 aromatic carbocycles. The number of aryl methyl sites for hydroxylation is 1. The largest absolute Gasteiger partial charge is 0.478 e. The van der Waals surface area contributed by atoms with Crippen LogP contribution < -0.4 is 5.32 Å². The van der Waals surface area contributed by atoms with Gasteiger partial charge >= 0.3 is 5.97 Å². The number of aromatic nitrogens is 1. The van der Waals surface area contributed by atoms with E-state index < -0.39 is 5.97 Å². The van der Waals surface area contributed by atoms with E-state index in [4.69, 9.17) is 5.11 Å². The molecule has 0 aliphatic heterocycles. The molecule has 1 heterocycles. The zero-order valence-corrected chi connectivity index (χ0v) is 9.31. The molecule has 0 fully saturated rings. The Bertz CT molecular complexity index is 375. The molecule has 0 unspecified atom stereocenters. The lowest BCUT2D eigenvalue weighted by Gasteiger charge is -2.06. The molecule has 4 heteroatoms. The molecule has 1 rings (SSSR count). The number of hydrogen-bond acceptors (Lipinski definition) is 3. The summed E-state index contributed by atoms with van der Waals surface area (Å²) in [6.45, 7) is 3.28. The molecule has 16 heavy (non-hydrogen) atoms. The summed E-state index contributed by atoms with van der Waals surface area (Å²) in [5, 5.41) is 11.5. The van der Waals surface area contributed by atoms with E-state index >= 15 is 0 Å². The van der Waals surface area contributed by atoms with Crippen LogP contribution in [0.1, 0.15) is 18.2 Å². The zero-order valence-electron chi connectivity index (χ0n) is 9.31. The average Bonchev–Trinajstić information content (AvgIpc) is 2.29. The van der Waals surface area contributed by atoms with Gasteiger partial charge in [0.25, 0.3) is 0 Å². The van der Waals surface area contributed by atoms with Gasteiger partial charge < -0.3 is 10.4 Å². The lowest BCUT2D eigenvalue weighted by molar-refractivity contribution is -0.131. The first-order valence-electron chi connectivity index (χ1n) is 5.27. The molecular weight excluding hydrogens is 204 g/mol. The van der Waals surface area contributed by atoms with Crippen molar-refractivity contribution in [2.24, 2.45) is 0 Å². The maximum Gasteiger partial charge on any atom is 0.328 e. The molecule has 0 saturated carbocycles. The molecule has 0 radical (unpaired) electrons. The van der Waals surface area contributed by atoms with Crippen molar-refractivity contribution in [3.8, 4) is 0 Å². The van der Waals surface area contributed by atoms with Crippen molar-refractivity contribution >= 4 is 5.97 Å². The maximum absolute atomic E-state index is 10.2. The summed E-state index contributed by atoms with van der Waals surface area (Å²) in [6, 6.07) is 3.98. The van der Waals surface area contributed by atoms with Crippen molar-refractivity contribution in [3.63, 3.8) is 0 Å².